The van der Waals surface area contributed by atoms with E-state index in [1.54, 1.807) is 23.4 Å². The topological polar surface area (TPSA) is 69.6 Å². The number of nitrogens with zero attached hydrogens (tertiary/aromatic N) is 4. The Morgan fingerprint density at radius 2 is 2.20 bits per heavy atom. The zero-order chi connectivity index (χ0) is 14.4. The van der Waals surface area contributed by atoms with Gasteiger partial charge in [0.15, 0.2) is 0 Å². The van der Waals surface area contributed by atoms with Gasteiger partial charge in [0.05, 0.1) is 6.54 Å². The molecule has 2 rings (SSSR count). The molecule has 0 bridgehead atoms. The lowest BCUT2D eigenvalue weighted by atomic mass is 9.99. The van der Waals surface area contributed by atoms with E-state index < -0.39 is 0 Å². The maximum absolute atomic E-state index is 12.4. The molecule has 1 saturated heterocycles. The molecule has 6 heteroatoms. The van der Waals surface area contributed by atoms with Gasteiger partial charge in [-0.1, -0.05) is 0 Å². The second-order valence-corrected chi connectivity index (χ2v) is 5.15. The average molecular weight is 278 g/mol. The molecule has 20 heavy (non-hydrogen) atoms. The Bertz CT molecular complexity index is 424. The predicted octanol–water partition coefficient (Wildman–Crippen LogP) is 0.676. The smallest absolute Gasteiger partial charge is 0.242 e. The molecule has 0 aliphatic carbocycles. The summed E-state index contributed by atoms with van der Waals surface area (Å²) >= 11 is 0. The summed E-state index contributed by atoms with van der Waals surface area (Å²) in [6, 6.07) is 1.92. The average Bonchev–Trinajstić information content (AvgIpc) is 2.49. The Hall–Kier alpha value is -1.69. The van der Waals surface area contributed by atoms with Crippen LogP contribution in [0.25, 0.3) is 0 Å². The number of anilines is 1. The molecule has 1 aromatic rings. The van der Waals surface area contributed by atoms with Gasteiger partial charge in [-0.2, -0.15) is 0 Å². The number of likely N-dealkylation sites (tertiary alicyclic amines) is 1. The van der Waals surface area contributed by atoms with Gasteiger partial charge in [0.2, 0.25) is 11.9 Å². The lowest BCUT2D eigenvalue weighted by molar-refractivity contribution is -0.133. The molecule has 2 heterocycles. The molecule has 1 unspecified atom stereocenters. The summed E-state index contributed by atoms with van der Waals surface area (Å²) < 4.78 is 0. The Morgan fingerprint density at radius 1 is 1.45 bits per heavy atom. The van der Waals surface area contributed by atoms with Crippen molar-refractivity contribution in [2.75, 3.05) is 31.6 Å². The summed E-state index contributed by atoms with van der Waals surface area (Å²) in [5.41, 5.74) is 0. The van der Waals surface area contributed by atoms with E-state index in [4.69, 9.17) is 5.11 Å². The first-order valence-electron chi connectivity index (χ1n) is 7.11. The minimum Gasteiger partial charge on any atom is -0.396 e. The molecule has 0 radical (unpaired) electrons. The van der Waals surface area contributed by atoms with Crippen molar-refractivity contribution in [1.29, 1.82) is 0 Å². The molecule has 1 fully saturated rings. The van der Waals surface area contributed by atoms with Crippen LogP contribution in [0.2, 0.25) is 0 Å². The fraction of sp³-hybridized carbons (Fsp3) is 0.643. The zero-order valence-electron chi connectivity index (χ0n) is 11.9. The molecule has 1 aromatic heterocycles. The van der Waals surface area contributed by atoms with Crippen molar-refractivity contribution >= 4 is 11.9 Å². The first-order chi connectivity index (χ1) is 9.72. The van der Waals surface area contributed by atoms with Crippen molar-refractivity contribution in [1.82, 2.24) is 14.9 Å². The predicted molar refractivity (Wildman–Crippen MR) is 76.4 cm³/mol. The third kappa shape index (κ3) is 3.66. The molecule has 1 aliphatic heterocycles. The van der Waals surface area contributed by atoms with Crippen molar-refractivity contribution in [2.24, 2.45) is 0 Å². The summed E-state index contributed by atoms with van der Waals surface area (Å²) in [6.45, 7) is 1.19. The van der Waals surface area contributed by atoms with Crippen molar-refractivity contribution in [3.63, 3.8) is 0 Å². The molecule has 0 saturated carbocycles. The molecule has 1 N–H and O–H groups in total. The van der Waals surface area contributed by atoms with Crippen molar-refractivity contribution in [3.8, 4) is 0 Å². The minimum absolute atomic E-state index is 0.0816. The van der Waals surface area contributed by atoms with Crippen LogP contribution in [0.1, 0.15) is 25.7 Å². The lowest BCUT2D eigenvalue weighted by Gasteiger charge is -2.36. The van der Waals surface area contributed by atoms with Gasteiger partial charge in [0, 0.05) is 38.6 Å². The molecular formula is C14H22N4O2. The van der Waals surface area contributed by atoms with Gasteiger partial charge in [-0.05, 0) is 31.7 Å². The van der Waals surface area contributed by atoms with Crippen LogP contribution >= 0.6 is 0 Å². The highest BCUT2D eigenvalue weighted by atomic mass is 16.3. The van der Waals surface area contributed by atoms with Gasteiger partial charge in [-0.15, -0.1) is 0 Å². The Labute approximate surface area is 119 Å². The third-order valence-corrected chi connectivity index (χ3v) is 3.68. The maximum atomic E-state index is 12.4. The van der Waals surface area contributed by atoms with Crippen molar-refractivity contribution in [2.45, 2.75) is 31.7 Å². The Morgan fingerprint density at radius 3 is 2.90 bits per heavy atom. The minimum atomic E-state index is 0.0816. The molecule has 0 spiro atoms. The number of rotatable bonds is 5. The van der Waals surface area contributed by atoms with Gasteiger partial charge in [0.1, 0.15) is 0 Å². The second-order valence-electron chi connectivity index (χ2n) is 5.15. The van der Waals surface area contributed by atoms with Crippen molar-refractivity contribution < 1.29 is 9.90 Å². The molecule has 110 valence electrons. The summed E-state index contributed by atoms with van der Waals surface area (Å²) in [7, 11) is 1.82. The van der Waals surface area contributed by atoms with E-state index in [9.17, 15) is 4.79 Å². The van der Waals surface area contributed by atoms with Gasteiger partial charge < -0.3 is 14.9 Å². The number of aliphatic hydroxyl groups is 1. The SMILES string of the molecule is CN(CC(=O)N1CCCCC1CCO)c1ncccn1. The highest BCUT2D eigenvalue weighted by molar-refractivity contribution is 5.81. The number of carbonyl (C=O) groups excluding carboxylic acids is 1. The molecule has 1 atom stereocenters. The lowest BCUT2D eigenvalue weighted by Crippen LogP contribution is -2.48. The Balaban J connectivity index is 1.96. The van der Waals surface area contributed by atoms with Gasteiger partial charge in [-0.25, -0.2) is 9.97 Å². The van der Waals surface area contributed by atoms with Crippen LogP contribution in [0.5, 0.6) is 0 Å². The van der Waals surface area contributed by atoms with Crippen LogP contribution < -0.4 is 4.90 Å². The summed E-state index contributed by atoms with van der Waals surface area (Å²) in [4.78, 5) is 24.3. The largest absolute Gasteiger partial charge is 0.396 e. The zero-order valence-corrected chi connectivity index (χ0v) is 11.9. The summed E-state index contributed by atoms with van der Waals surface area (Å²) in [5.74, 6) is 0.634. The Kier molecular flexibility index (Phi) is 5.29. The van der Waals surface area contributed by atoms with Crippen LogP contribution in [0, 0.1) is 0 Å². The van der Waals surface area contributed by atoms with Gasteiger partial charge in [0.25, 0.3) is 0 Å². The van der Waals surface area contributed by atoms with Crippen LogP contribution in [-0.2, 0) is 4.79 Å². The number of carbonyl (C=O) groups is 1. The number of hydrogen-bond donors (Lipinski definition) is 1. The van der Waals surface area contributed by atoms with E-state index in [0.29, 0.717) is 12.4 Å². The fourth-order valence-corrected chi connectivity index (χ4v) is 2.63. The molecule has 1 amide bonds. The number of hydrogen-bond acceptors (Lipinski definition) is 5. The normalized spacial score (nSPS) is 18.9. The van der Waals surface area contributed by atoms with Crippen LogP contribution in [0.3, 0.4) is 0 Å². The quantitative estimate of drug-likeness (QED) is 0.857. The van der Waals surface area contributed by atoms with Crippen molar-refractivity contribution in [3.05, 3.63) is 18.5 Å². The van der Waals surface area contributed by atoms with E-state index in [1.807, 2.05) is 11.9 Å². The summed E-state index contributed by atoms with van der Waals surface area (Å²) in [6.07, 6.45) is 7.15. The maximum Gasteiger partial charge on any atom is 0.242 e. The number of amides is 1. The highest BCUT2D eigenvalue weighted by Crippen LogP contribution is 2.20. The third-order valence-electron chi connectivity index (χ3n) is 3.68. The van der Waals surface area contributed by atoms with E-state index in [2.05, 4.69) is 9.97 Å². The van der Waals surface area contributed by atoms with E-state index >= 15 is 0 Å². The number of aromatic nitrogens is 2. The van der Waals surface area contributed by atoms with Crippen LogP contribution in [0.15, 0.2) is 18.5 Å². The second kappa shape index (κ2) is 7.19. The standard InChI is InChI=1S/C14H22N4O2/c1-17(14-15-7-4-8-16-14)11-13(20)18-9-3-2-5-12(18)6-10-19/h4,7-8,12,19H,2-3,5-6,9-11H2,1H3. The number of piperidine rings is 1. The number of aliphatic hydroxyl groups excluding tert-OH is 1. The van der Waals surface area contributed by atoms with Gasteiger partial charge in [-0.3, -0.25) is 4.79 Å². The van der Waals surface area contributed by atoms with Gasteiger partial charge >= 0.3 is 0 Å². The monoisotopic (exact) mass is 278 g/mol. The molecule has 0 aromatic carbocycles. The van der Waals surface area contributed by atoms with E-state index in [-0.39, 0.29) is 25.1 Å². The number of likely N-dealkylation sites (N-methyl/N-ethyl adjacent to an activating group) is 1. The molecular weight excluding hydrogens is 256 g/mol. The van der Waals surface area contributed by atoms with Crippen LogP contribution in [0.4, 0.5) is 5.95 Å². The first kappa shape index (κ1) is 14.7. The molecule has 6 nitrogen and oxygen atoms in total. The summed E-state index contributed by atoms with van der Waals surface area (Å²) in [5, 5.41) is 9.11. The molecule has 1 aliphatic rings. The van der Waals surface area contributed by atoms with E-state index in [1.165, 1.54) is 0 Å². The van der Waals surface area contributed by atoms with E-state index in [0.717, 1.165) is 25.8 Å². The highest BCUT2D eigenvalue weighted by Gasteiger charge is 2.26. The fourth-order valence-electron chi connectivity index (χ4n) is 2.63. The first-order valence-corrected chi connectivity index (χ1v) is 7.11. The van der Waals surface area contributed by atoms with Crippen LogP contribution in [-0.4, -0.2) is 58.7 Å².